The van der Waals surface area contributed by atoms with Crippen LogP contribution in [0, 0.1) is 5.92 Å². The fraction of sp³-hybridized carbons (Fsp3) is 0.529. The molecule has 25 heavy (non-hydrogen) atoms. The quantitative estimate of drug-likeness (QED) is 0.766. The molecule has 0 radical (unpaired) electrons. The van der Waals surface area contributed by atoms with Crippen molar-refractivity contribution >= 4 is 27.5 Å². The van der Waals surface area contributed by atoms with Crippen LogP contribution in [0.5, 0.6) is 0 Å². The Morgan fingerprint density at radius 3 is 1.96 bits per heavy atom. The van der Waals surface area contributed by atoms with Gasteiger partial charge in [-0.3, -0.25) is 9.59 Å². The predicted molar refractivity (Wildman–Crippen MR) is 97.6 cm³/mol. The first-order valence-electron chi connectivity index (χ1n) is 8.13. The molecule has 1 atom stereocenters. The Hall–Kier alpha value is -1.93. The van der Waals surface area contributed by atoms with Crippen LogP contribution < -0.4 is 10.6 Å². The van der Waals surface area contributed by atoms with Crippen molar-refractivity contribution in [2.45, 2.75) is 51.6 Å². The van der Waals surface area contributed by atoms with Gasteiger partial charge >= 0.3 is 0 Å². The lowest BCUT2D eigenvalue weighted by Gasteiger charge is -2.22. The maximum Gasteiger partial charge on any atom is 0.247 e. The Kier molecular flexibility index (Phi) is 7.13. The first-order chi connectivity index (χ1) is 11.5. The molecule has 140 valence electrons. The Morgan fingerprint density at radius 2 is 1.56 bits per heavy atom. The molecule has 1 rings (SSSR count). The summed E-state index contributed by atoms with van der Waals surface area (Å²) in [5, 5.41) is 5.31. The lowest BCUT2D eigenvalue weighted by atomic mass is 10.0. The lowest BCUT2D eigenvalue weighted by molar-refractivity contribution is -0.126. The summed E-state index contributed by atoms with van der Waals surface area (Å²) < 4.78 is 26.1. The molecule has 0 saturated carbocycles. The number of benzene rings is 1. The van der Waals surface area contributed by atoms with E-state index in [2.05, 4.69) is 10.6 Å². The topological polar surface area (TPSA) is 95.6 Å². The molecule has 0 heterocycles. The molecular formula is C17H27N3O4S. The van der Waals surface area contributed by atoms with E-state index in [4.69, 9.17) is 0 Å². The Labute approximate surface area is 149 Å². The number of carbonyl (C=O) groups excluding carboxylic acids is 2. The minimum Gasteiger partial charge on any atom is -0.344 e. The number of nitrogens with one attached hydrogen (secondary N) is 2. The first-order valence-corrected chi connectivity index (χ1v) is 9.57. The van der Waals surface area contributed by atoms with Crippen LogP contribution in [-0.4, -0.2) is 43.7 Å². The molecule has 0 bridgehead atoms. The van der Waals surface area contributed by atoms with Crippen LogP contribution >= 0.6 is 0 Å². The minimum absolute atomic E-state index is 0.0803. The molecule has 7 nitrogen and oxygen atoms in total. The molecule has 0 unspecified atom stereocenters. The Bertz CT molecular complexity index is 712. The summed E-state index contributed by atoms with van der Waals surface area (Å²) in [6.07, 6.45) is 0. The maximum absolute atomic E-state index is 12.4. The monoisotopic (exact) mass is 369 g/mol. The summed E-state index contributed by atoms with van der Waals surface area (Å²) in [5.74, 6) is -0.713. The van der Waals surface area contributed by atoms with Gasteiger partial charge in [0.2, 0.25) is 21.8 Å². The zero-order valence-corrected chi connectivity index (χ0v) is 16.3. The Balaban J connectivity index is 2.93. The van der Waals surface area contributed by atoms with E-state index in [-0.39, 0.29) is 28.7 Å². The molecule has 8 heteroatoms. The van der Waals surface area contributed by atoms with Crippen LogP contribution in [0.1, 0.15) is 34.6 Å². The highest BCUT2D eigenvalue weighted by Crippen LogP contribution is 2.19. The smallest absolute Gasteiger partial charge is 0.247 e. The van der Waals surface area contributed by atoms with Gasteiger partial charge in [0.05, 0.1) is 4.90 Å². The van der Waals surface area contributed by atoms with E-state index in [0.717, 1.165) is 0 Å². The summed E-state index contributed by atoms with van der Waals surface area (Å²) in [7, 11) is -2.04. The number of carbonyl (C=O) groups is 2. The van der Waals surface area contributed by atoms with Crippen molar-refractivity contribution in [3.05, 3.63) is 24.3 Å². The van der Waals surface area contributed by atoms with E-state index in [1.165, 1.54) is 42.5 Å². The molecule has 1 aromatic rings. The van der Waals surface area contributed by atoms with Gasteiger partial charge < -0.3 is 10.6 Å². The zero-order valence-electron chi connectivity index (χ0n) is 15.5. The van der Waals surface area contributed by atoms with Crippen molar-refractivity contribution in [2.24, 2.45) is 5.92 Å². The number of anilines is 1. The van der Waals surface area contributed by atoms with Gasteiger partial charge in [-0.25, -0.2) is 8.42 Å². The summed E-state index contributed by atoms with van der Waals surface area (Å²) in [5.41, 5.74) is 0.465. The fourth-order valence-electron chi connectivity index (χ4n) is 2.13. The molecule has 2 N–H and O–H groups in total. The van der Waals surface area contributed by atoms with E-state index in [0.29, 0.717) is 5.69 Å². The SMILES string of the molecule is CC(=O)N[C@H](C(=O)Nc1ccc(S(=O)(=O)N(C)C(C)C)cc1)C(C)C. The molecule has 1 aromatic carbocycles. The molecule has 0 fully saturated rings. The molecule has 0 aliphatic carbocycles. The van der Waals surface area contributed by atoms with Gasteiger partial charge in [-0.05, 0) is 44.0 Å². The predicted octanol–water partition coefficient (Wildman–Crippen LogP) is 1.81. The average Bonchev–Trinajstić information content (AvgIpc) is 2.51. The van der Waals surface area contributed by atoms with Crippen molar-refractivity contribution in [1.82, 2.24) is 9.62 Å². The second kappa shape index (κ2) is 8.44. The lowest BCUT2D eigenvalue weighted by Crippen LogP contribution is -2.46. The van der Waals surface area contributed by atoms with Gasteiger partial charge in [-0.1, -0.05) is 13.8 Å². The van der Waals surface area contributed by atoms with E-state index < -0.39 is 16.1 Å². The molecule has 0 saturated heterocycles. The van der Waals surface area contributed by atoms with Crippen LogP contribution in [0.2, 0.25) is 0 Å². The van der Waals surface area contributed by atoms with Crippen molar-refractivity contribution in [3.63, 3.8) is 0 Å². The van der Waals surface area contributed by atoms with Gasteiger partial charge in [-0.2, -0.15) is 4.31 Å². The second-order valence-corrected chi connectivity index (χ2v) is 8.55. The van der Waals surface area contributed by atoms with Crippen molar-refractivity contribution in [1.29, 1.82) is 0 Å². The van der Waals surface area contributed by atoms with Gasteiger partial charge in [-0.15, -0.1) is 0 Å². The van der Waals surface area contributed by atoms with Crippen molar-refractivity contribution in [3.8, 4) is 0 Å². The van der Waals surface area contributed by atoms with Gasteiger partial charge in [0.1, 0.15) is 6.04 Å². The van der Waals surface area contributed by atoms with Gasteiger partial charge in [0.25, 0.3) is 0 Å². The standard InChI is InChI=1S/C17H27N3O4S/c1-11(2)16(18-13(5)21)17(22)19-14-7-9-15(10-8-14)25(23,24)20(6)12(3)4/h7-12,16H,1-6H3,(H,18,21)(H,19,22)/t16-/m0/s1. The second-order valence-electron chi connectivity index (χ2n) is 6.55. The molecule has 0 aliphatic rings. The molecular weight excluding hydrogens is 342 g/mol. The van der Waals surface area contributed by atoms with Crippen LogP contribution in [0.4, 0.5) is 5.69 Å². The van der Waals surface area contributed by atoms with E-state index >= 15 is 0 Å². The third-order valence-electron chi connectivity index (χ3n) is 3.83. The third kappa shape index (κ3) is 5.54. The van der Waals surface area contributed by atoms with Gasteiger partial charge in [0.15, 0.2) is 0 Å². The molecule has 0 aromatic heterocycles. The molecule has 0 spiro atoms. The number of rotatable bonds is 7. The van der Waals surface area contributed by atoms with Crippen LogP contribution in [0.15, 0.2) is 29.2 Å². The highest BCUT2D eigenvalue weighted by molar-refractivity contribution is 7.89. The number of hydrogen-bond donors (Lipinski definition) is 2. The van der Waals surface area contributed by atoms with Gasteiger partial charge in [0, 0.05) is 25.7 Å². The number of nitrogens with zero attached hydrogens (tertiary/aromatic N) is 1. The summed E-state index contributed by atoms with van der Waals surface area (Å²) in [6, 6.07) is 5.15. The average molecular weight is 369 g/mol. The molecule has 0 aliphatic heterocycles. The third-order valence-corrected chi connectivity index (χ3v) is 5.88. The van der Waals surface area contributed by atoms with E-state index in [1.54, 1.807) is 13.8 Å². The zero-order chi connectivity index (χ0) is 19.4. The molecule has 2 amide bonds. The number of sulfonamides is 1. The normalized spacial score (nSPS) is 13.2. The summed E-state index contributed by atoms with van der Waals surface area (Å²) in [4.78, 5) is 23.7. The fourth-order valence-corrected chi connectivity index (χ4v) is 3.50. The van der Waals surface area contributed by atoms with Crippen molar-refractivity contribution < 1.29 is 18.0 Å². The summed E-state index contributed by atoms with van der Waals surface area (Å²) >= 11 is 0. The maximum atomic E-state index is 12.4. The van der Waals surface area contributed by atoms with Crippen LogP contribution in [-0.2, 0) is 19.6 Å². The minimum atomic E-state index is -3.57. The van der Waals surface area contributed by atoms with Crippen LogP contribution in [0.25, 0.3) is 0 Å². The van der Waals surface area contributed by atoms with E-state index in [1.807, 2.05) is 13.8 Å². The largest absolute Gasteiger partial charge is 0.344 e. The highest BCUT2D eigenvalue weighted by Gasteiger charge is 2.24. The van der Waals surface area contributed by atoms with Crippen molar-refractivity contribution in [2.75, 3.05) is 12.4 Å². The van der Waals surface area contributed by atoms with Crippen LogP contribution in [0.3, 0.4) is 0 Å². The summed E-state index contributed by atoms with van der Waals surface area (Å²) in [6.45, 7) is 8.60. The highest BCUT2D eigenvalue weighted by atomic mass is 32.2. The number of hydrogen-bond acceptors (Lipinski definition) is 4. The number of amides is 2. The first kappa shape index (κ1) is 21.1. The van der Waals surface area contributed by atoms with E-state index in [9.17, 15) is 18.0 Å². The Morgan fingerprint density at radius 1 is 1.04 bits per heavy atom.